The van der Waals surface area contributed by atoms with Crippen molar-refractivity contribution in [3.63, 3.8) is 0 Å². The van der Waals surface area contributed by atoms with E-state index in [1.54, 1.807) is 13.2 Å². The lowest BCUT2D eigenvalue weighted by Crippen LogP contribution is -1.99. The number of methoxy groups -OCH3 is 1. The van der Waals surface area contributed by atoms with Gasteiger partial charge in [-0.3, -0.25) is 0 Å². The van der Waals surface area contributed by atoms with Gasteiger partial charge in [0.25, 0.3) is 0 Å². The van der Waals surface area contributed by atoms with Crippen LogP contribution >= 0.6 is 0 Å². The lowest BCUT2D eigenvalue weighted by atomic mass is 10.2. The van der Waals surface area contributed by atoms with Crippen molar-refractivity contribution in [1.82, 2.24) is 15.0 Å². The summed E-state index contributed by atoms with van der Waals surface area (Å²) < 4.78 is 5.15. The fourth-order valence-corrected chi connectivity index (χ4v) is 1.92. The average molecular weight is 255 g/mol. The van der Waals surface area contributed by atoms with E-state index < -0.39 is 0 Å². The van der Waals surface area contributed by atoms with Crippen LogP contribution in [0.3, 0.4) is 0 Å². The lowest BCUT2D eigenvalue weighted by molar-refractivity contribution is 0.415. The number of ether oxygens (including phenoxy) is 1. The largest absolute Gasteiger partial charge is 0.506 e. The molecule has 0 saturated carbocycles. The number of nitrogens with zero attached hydrogens (tertiary/aromatic N) is 3. The molecule has 0 aliphatic carbocycles. The topological polar surface area (TPSA) is 60.2 Å². The van der Waals surface area contributed by atoms with Crippen LogP contribution in [0.25, 0.3) is 16.7 Å². The number of rotatable bonds is 2. The molecule has 0 unspecified atom stereocenters. The molecule has 5 heteroatoms. The van der Waals surface area contributed by atoms with Crippen molar-refractivity contribution < 1.29 is 9.84 Å². The molecule has 5 nitrogen and oxygen atoms in total. The van der Waals surface area contributed by atoms with Gasteiger partial charge in [0.1, 0.15) is 28.2 Å². The summed E-state index contributed by atoms with van der Waals surface area (Å²) in [5, 5.41) is 18.6. The predicted molar refractivity (Wildman–Crippen MR) is 71.8 cm³/mol. The highest BCUT2D eigenvalue weighted by Crippen LogP contribution is 2.24. The normalized spacial score (nSPS) is 10.8. The Labute approximate surface area is 110 Å². The van der Waals surface area contributed by atoms with Crippen LogP contribution < -0.4 is 4.74 Å². The Kier molecular flexibility index (Phi) is 2.59. The first kappa shape index (κ1) is 11.5. The number of aromatic hydroxyl groups is 1. The molecular formula is C14H13N3O2. The summed E-state index contributed by atoms with van der Waals surface area (Å²) in [7, 11) is 1.61. The van der Waals surface area contributed by atoms with E-state index in [0.717, 1.165) is 22.3 Å². The Morgan fingerprint density at radius 2 is 1.84 bits per heavy atom. The van der Waals surface area contributed by atoms with Gasteiger partial charge in [-0.05, 0) is 36.8 Å². The molecule has 0 aliphatic rings. The zero-order valence-electron chi connectivity index (χ0n) is 10.7. The van der Waals surface area contributed by atoms with Gasteiger partial charge in [-0.1, -0.05) is 6.07 Å². The molecule has 0 fully saturated rings. The van der Waals surface area contributed by atoms with Gasteiger partial charge in [-0.2, -0.15) is 0 Å². The van der Waals surface area contributed by atoms with Crippen LogP contribution in [0.4, 0.5) is 0 Å². The number of phenols is 1. The summed E-state index contributed by atoms with van der Waals surface area (Å²) in [6.45, 7) is 1.95. The molecular weight excluding hydrogens is 242 g/mol. The van der Waals surface area contributed by atoms with Crippen molar-refractivity contribution in [2.75, 3.05) is 7.11 Å². The van der Waals surface area contributed by atoms with Crippen LogP contribution in [0.2, 0.25) is 0 Å². The van der Waals surface area contributed by atoms with E-state index in [4.69, 9.17) is 4.74 Å². The van der Waals surface area contributed by atoms with Crippen molar-refractivity contribution in [2.45, 2.75) is 6.92 Å². The zero-order valence-corrected chi connectivity index (χ0v) is 10.7. The Morgan fingerprint density at radius 1 is 1.05 bits per heavy atom. The molecule has 1 heterocycles. The fourth-order valence-electron chi connectivity index (χ4n) is 1.92. The second-order valence-corrected chi connectivity index (χ2v) is 4.34. The summed E-state index contributed by atoms with van der Waals surface area (Å²) in [6, 6.07) is 10.8. The van der Waals surface area contributed by atoms with Gasteiger partial charge in [0.2, 0.25) is 0 Å². The first-order valence-corrected chi connectivity index (χ1v) is 5.88. The van der Waals surface area contributed by atoms with Gasteiger partial charge in [0.15, 0.2) is 0 Å². The van der Waals surface area contributed by atoms with Crippen LogP contribution in [0.1, 0.15) is 5.56 Å². The summed E-state index contributed by atoms with van der Waals surface area (Å²) in [5.41, 5.74) is 3.07. The van der Waals surface area contributed by atoms with E-state index in [1.165, 1.54) is 4.80 Å². The van der Waals surface area contributed by atoms with Crippen LogP contribution in [0.15, 0.2) is 36.4 Å². The molecule has 0 atom stereocenters. The second-order valence-electron chi connectivity index (χ2n) is 4.34. The number of benzene rings is 2. The highest BCUT2D eigenvalue weighted by molar-refractivity contribution is 5.75. The zero-order chi connectivity index (χ0) is 13.4. The molecule has 19 heavy (non-hydrogen) atoms. The first-order valence-electron chi connectivity index (χ1n) is 5.88. The fraction of sp³-hybridized carbons (Fsp3) is 0.143. The van der Waals surface area contributed by atoms with Crippen molar-refractivity contribution >= 4 is 11.0 Å². The number of hydrogen-bond donors (Lipinski definition) is 1. The lowest BCUT2D eigenvalue weighted by Gasteiger charge is -2.03. The SMILES string of the molecule is COc1ccc2nn(-c3cc(C)ccc3O)nc2c1. The molecule has 1 aromatic heterocycles. The van der Waals surface area contributed by atoms with Crippen LogP contribution in [0.5, 0.6) is 11.5 Å². The van der Waals surface area contributed by atoms with Crippen molar-refractivity contribution in [3.05, 3.63) is 42.0 Å². The predicted octanol–water partition coefficient (Wildman–Crippen LogP) is 2.44. The van der Waals surface area contributed by atoms with Gasteiger partial charge in [-0.25, -0.2) is 0 Å². The van der Waals surface area contributed by atoms with Gasteiger partial charge in [0.05, 0.1) is 7.11 Å². The Hall–Kier alpha value is -2.56. The summed E-state index contributed by atoms with van der Waals surface area (Å²) in [6.07, 6.45) is 0. The maximum atomic E-state index is 9.89. The summed E-state index contributed by atoms with van der Waals surface area (Å²) in [5.74, 6) is 0.880. The first-order chi connectivity index (χ1) is 9.17. The molecule has 0 saturated heterocycles. The molecule has 0 spiro atoms. The number of aromatic nitrogens is 3. The second kappa shape index (κ2) is 4.28. The molecule has 96 valence electrons. The quantitative estimate of drug-likeness (QED) is 0.764. The van der Waals surface area contributed by atoms with Crippen LogP contribution in [-0.4, -0.2) is 27.2 Å². The minimum Gasteiger partial charge on any atom is -0.506 e. The Bertz CT molecular complexity index is 750. The average Bonchev–Trinajstić information content (AvgIpc) is 2.83. The van der Waals surface area contributed by atoms with Gasteiger partial charge >= 0.3 is 0 Å². The Morgan fingerprint density at radius 3 is 2.63 bits per heavy atom. The van der Waals surface area contributed by atoms with E-state index in [-0.39, 0.29) is 5.75 Å². The number of fused-ring (bicyclic) bond motifs is 1. The minimum absolute atomic E-state index is 0.151. The van der Waals surface area contributed by atoms with Crippen LogP contribution in [0, 0.1) is 6.92 Å². The molecule has 0 bridgehead atoms. The van der Waals surface area contributed by atoms with Gasteiger partial charge in [0, 0.05) is 6.07 Å². The third-order valence-corrected chi connectivity index (χ3v) is 2.93. The summed E-state index contributed by atoms with van der Waals surface area (Å²) in [4.78, 5) is 1.44. The third-order valence-electron chi connectivity index (χ3n) is 2.93. The maximum absolute atomic E-state index is 9.89. The smallest absolute Gasteiger partial charge is 0.143 e. The van der Waals surface area contributed by atoms with Crippen molar-refractivity contribution in [2.24, 2.45) is 0 Å². The molecule has 0 amide bonds. The number of hydrogen-bond acceptors (Lipinski definition) is 4. The van der Waals surface area contributed by atoms with E-state index in [2.05, 4.69) is 10.2 Å². The number of phenolic OH excluding ortho intramolecular Hbond substituents is 1. The van der Waals surface area contributed by atoms with E-state index >= 15 is 0 Å². The Balaban J connectivity index is 2.17. The molecule has 3 rings (SSSR count). The maximum Gasteiger partial charge on any atom is 0.143 e. The third kappa shape index (κ3) is 1.99. The van der Waals surface area contributed by atoms with Crippen molar-refractivity contribution in [1.29, 1.82) is 0 Å². The minimum atomic E-state index is 0.151. The van der Waals surface area contributed by atoms with Crippen molar-refractivity contribution in [3.8, 4) is 17.2 Å². The molecule has 2 aromatic carbocycles. The molecule has 0 aliphatic heterocycles. The van der Waals surface area contributed by atoms with E-state index in [9.17, 15) is 5.11 Å². The standard InChI is InChI=1S/C14H13N3O2/c1-9-3-6-14(18)13(7-9)17-15-11-5-4-10(19-2)8-12(11)16-17/h3-8,18H,1-2H3. The van der Waals surface area contributed by atoms with Crippen LogP contribution in [-0.2, 0) is 0 Å². The van der Waals surface area contributed by atoms with E-state index in [1.807, 2.05) is 37.3 Å². The summed E-state index contributed by atoms with van der Waals surface area (Å²) >= 11 is 0. The highest BCUT2D eigenvalue weighted by atomic mass is 16.5. The van der Waals surface area contributed by atoms with Gasteiger partial charge in [-0.15, -0.1) is 15.0 Å². The van der Waals surface area contributed by atoms with E-state index in [0.29, 0.717) is 5.69 Å². The highest BCUT2D eigenvalue weighted by Gasteiger charge is 2.09. The monoisotopic (exact) mass is 255 g/mol. The molecule has 0 radical (unpaired) electrons. The number of aryl methyl sites for hydroxylation is 1. The molecule has 1 N–H and O–H groups in total. The molecule has 3 aromatic rings. The van der Waals surface area contributed by atoms with Gasteiger partial charge < -0.3 is 9.84 Å².